The van der Waals surface area contributed by atoms with Crippen molar-refractivity contribution in [2.75, 3.05) is 12.8 Å². The van der Waals surface area contributed by atoms with Gasteiger partial charge in [0.25, 0.3) is 0 Å². The van der Waals surface area contributed by atoms with E-state index in [0.717, 1.165) is 0 Å². The van der Waals surface area contributed by atoms with Crippen molar-refractivity contribution in [3.8, 4) is 0 Å². The minimum Gasteiger partial charge on any atom is -0.326 e. The quantitative estimate of drug-likeness (QED) is 0.522. The van der Waals surface area contributed by atoms with Crippen molar-refractivity contribution in [3.05, 3.63) is 0 Å². The number of nitrogens with two attached hydrogens (primary N) is 1. The van der Waals surface area contributed by atoms with Crippen molar-refractivity contribution in [1.29, 1.82) is 0 Å². The highest BCUT2D eigenvalue weighted by atomic mass is 32.2. The molecule has 3 nitrogen and oxygen atoms in total. The summed E-state index contributed by atoms with van der Waals surface area (Å²) in [6, 6.07) is 0.0601. The van der Waals surface area contributed by atoms with Crippen LogP contribution in [0.5, 0.6) is 0 Å². The largest absolute Gasteiger partial charge is 0.326 e. The Morgan fingerprint density at radius 2 is 2.56 bits per heavy atom. The monoisotopic (exact) mass is 146 g/mol. The van der Waals surface area contributed by atoms with Gasteiger partial charge in [-0.05, 0) is 0 Å². The van der Waals surface area contributed by atoms with Gasteiger partial charge < -0.3 is 5.73 Å². The van der Waals surface area contributed by atoms with Crippen molar-refractivity contribution < 1.29 is 4.79 Å². The summed E-state index contributed by atoms with van der Waals surface area (Å²) in [5.74, 6) is 0.162. The molecule has 0 spiro atoms. The molecule has 1 fully saturated rings. The summed E-state index contributed by atoms with van der Waals surface area (Å²) in [7, 11) is 0. The fourth-order valence-corrected chi connectivity index (χ4v) is 1.50. The van der Waals surface area contributed by atoms with E-state index in [1.807, 2.05) is 6.26 Å². The summed E-state index contributed by atoms with van der Waals surface area (Å²) < 4.78 is 1.70. The maximum atomic E-state index is 10.8. The maximum Gasteiger partial charge on any atom is 0.234 e. The van der Waals surface area contributed by atoms with Crippen LogP contribution in [0.2, 0.25) is 0 Å². The molecule has 0 aromatic heterocycles. The molecule has 1 aliphatic heterocycles. The third-order valence-corrected chi connectivity index (χ3v) is 2.13. The Hall–Kier alpha value is -0.220. The van der Waals surface area contributed by atoms with Crippen LogP contribution in [-0.2, 0) is 4.79 Å². The molecule has 0 aliphatic carbocycles. The second-order valence-corrected chi connectivity index (χ2v) is 2.91. The molecular weight excluding hydrogens is 136 g/mol. The summed E-state index contributed by atoms with van der Waals surface area (Å²) in [5.41, 5.74) is 5.52. The minimum atomic E-state index is 0.0601. The predicted molar refractivity (Wildman–Crippen MR) is 37.8 cm³/mol. The van der Waals surface area contributed by atoms with Crippen LogP contribution < -0.4 is 5.73 Å². The molecular formula is C5H10N2OS. The lowest BCUT2D eigenvalue weighted by atomic mass is 10.3. The van der Waals surface area contributed by atoms with Crippen LogP contribution in [0.3, 0.4) is 0 Å². The first-order valence-electron chi connectivity index (χ1n) is 2.84. The number of hydrogen-bond acceptors (Lipinski definition) is 3. The first-order chi connectivity index (χ1) is 4.24. The molecule has 0 bridgehead atoms. The van der Waals surface area contributed by atoms with Gasteiger partial charge in [0.1, 0.15) is 0 Å². The Bertz CT molecular complexity index is 128. The van der Waals surface area contributed by atoms with Crippen molar-refractivity contribution >= 4 is 17.9 Å². The molecule has 1 unspecified atom stereocenters. The van der Waals surface area contributed by atoms with E-state index in [4.69, 9.17) is 5.73 Å². The molecule has 1 rings (SSSR count). The molecule has 1 heterocycles. The van der Waals surface area contributed by atoms with Gasteiger partial charge in [0, 0.05) is 25.3 Å². The summed E-state index contributed by atoms with van der Waals surface area (Å²) in [5, 5.41) is 0. The van der Waals surface area contributed by atoms with Crippen LogP contribution in [0.1, 0.15) is 6.42 Å². The van der Waals surface area contributed by atoms with E-state index in [-0.39, 0.29) is 11.9 Å². The minimum absolute atomic E-state index is 0.0601. The highest BCUT2D eigenvalue weighted by Crippen LogP contribution is 2.15. The van der Waals surface area contributed by atoms with Crippen LogP contribution in [0, 0.1) is 0 Å². The van der Waals surface area contributed by atoms with Gasteiger partial charge in [-0.15, -0.1) is 0 Å². The van der Waals surface area contributed by atoms with Crippen LogP contribution in [0.4, 0.5) is 0 Å². The second kappa shape index (κ2) is 2.58. The Kier molecular flexibility index (Phi) is 1.97. The van der Waals surface area contributed by atoms with Gasteiger partial charge in [-0.3, -0.25) is 9.10 Å². The molecule has 4 heteroatoms. The van der Waals surface area contributed by atoms with E-state index < -0.39 is 0 Å². The molecule has 0 aromatic rings. The lowest BCUT2D eigenvalue weighted by Crippen LogP contribution is -2.22. The van der Waals surface area contributed by atoms with Gasteiger partial charge in [-0.2, -0.15) is 0 Å². The molecule has 0 saturated carbocycles. The summed E-state index contributed by atoms with van der Waals surface area (Å²) in [4.78, 5) is 10.8. The molecule has 1 atom stereocenters. The highest BCUT2D eigenvalue weighted by Gasteiger charge is 2.25. The molecule has 1 amide bonds. The third kappa shape index (κ3) is 1.37. The Labute approximate surface area is 58.7 Å². The maximum absolute atomic E-state index is 10.8. The second-order valence-electron chi connectivity index (χ2n) is 2.10. The Morgan fingerprint density at radius 1 is 1.89 bits per heavy atom. The van der Waals surface area contributed by atoms with Crippen LogP contribution in [-0.4, -0.2) is 29.1 Å². The smallest absolute Gasteiger partial charge is 0.234 e. The lowest BCUT2D eigenvalue weighted by molar-refractivity contribution is -0.123. The van der Waals surface area contributed by atoms with E-state index >= 15 is 0 Å². The van der Waals surface area contributed by atoms with E-state index in [2.05, 4.69) is 0 Å². The molecule has 52 valence electrons. The molecule has 1 aliphatic rings. The lowest BCUT2D eigenvalue weighted by Gasteiger charge is -2.09. The third-order valence-electron chi connectivity index (χ3n) is 1.34. The molecule has 0 radical (unpaired) electrons. The van der Waals surface area contributed by atoms with Crippen molar-refractivity contribution in [2.24, 2.45) is 5.73 Å². The molecule has 2 N–H and O–H groups in total. The number of hydrogen-bond donors (Lipinski definition) is 1. The molecule has 0 aromatic carbocycles. The van der Waals surface area contributed by atoms with Gasteiger partial charge in [-0.1, -0.05) is 11.9 Å². The van der Waals surface area contributed by atoms with Crippen molar-refractivity contribution in [1.82, 2.24) is 4.31 Å². The van der Waals surface area contributed by atoms with Gasteiger partial charge >= 0.3 is 0 Å². The van der Waals surface area contributed by atoms with Gasteiger partial charge in [0.2, 0.25) is 5.91 Å². The summed E-state index contributed by atoms with van der Waals surface area (Å²) in [6.45, 7) is 0.708. The number of amides is 1. The average molecular weight is 146 g/mol. The van der Waals surface area contributed by atoms with Gasteiger partial charge in [0.05, 0.1) is 0 Å². The summed E-state index contributed by atoms with van der Waals surface area (Å²) >= 11 is 1.45. The van der Waals surface area contributed by atoms with Crippen molar-refractivity contribution in [3.63, 3.8) is 0 Å². The highest BCUT2D eigenvalue weighted by molar-refractivity contribution is 7.96. The first-order valence-corrected chi connectivity index (χ1v) is 4.02. The topological polar surface area (TPSA) is 46.3 Å². The van der Waals surface area contributed by atoms with E-state index in [1.54, 1.807) is 4.31 Å². The van der Waals surface area contributed by atoms with Crippen LogP contribution in [0.25, 0.3) is 0 Å². The van der Waals surface area contributed by atoms with Crippen LogP contribution in [0.15, 0.2) is 0 Å². The number of nitrogens with zero attached hydrogens (tertiary/aromatic N) is 1. The first kappa shape index (κ1) is 6.89. The number of carbonyl (C=O) groups excluding carboxylic acids is 1. The zero-order valence-corrected chi connectivity index (χ0v) is 6.15. The Balaban J connectivity index is 2.48. The molecule has 9 heavy (non-hydrogen) atoms. The zero-order valence-electron chi connectivity index (χ0n) is 5.33. The number of carbonyl (C=O) groups is 1. The normalized spacial score (nSPS) is 27.6. The van der Waals surface area contributed by atoms with Crippen LogP contribution >= 0.6 is 11.9 Å². The fraction of sp³-hybridized carbons (Fsp3) is 0.800. The van der Waals surface area contributed by atoms with E-state index in [1.165, 1.54) is 11.9 Å². The van der Waals surface area contributed by atoms with E-state index in [9.17, 15) is 4.79 Å². The zero-order chi connectivity index (χ0) is 6.85. The van der Waals surface area contributed by atoms with Gasteiger partial charge in [-0.25, -0.2) is 0 Å². The Morgan fingerprint density at radius 3 is 2.78 bits per heavy atom. The predicted octanol–water partition coefficient (Wildman–Crippen LogP) is -0.176. The number of rotatable bonds is 1. The van der Waals surface area contributed by atoms with E-state index in [0.29, 0.717) is 13.0 Å². The average Bonchev–Trinajstić information content (AvgIpc) is 2.10. The SMILES string of the molecule is CSN1CC(N)CC1=O. The van der Waals surface area contributed by atoms with Crippen molar-refractivity contribution in [2.45, 2.75) is 12.5 Å². The fourth-order valence-electron chi connectivity index (χ4n) is 0.882. The standard InChI is InChI=1S/C5H10N2OS/c1-9-7-3-4(6)2-5(7)8/h4H,2-3,6H2,1H3. The summed E-state index contributed by atoms with van der Waals surface area (Å²) in [6.07, 6.45) is 2.40. The molecule has 1 saturated heterocycles. The van der Waals surface area contributed by atoms with Gasteiger partial charge in [0.15, 0.2) is 0 Å².